The van der Waals surface area contributed by atoms with Gasteiger partial charge >= 0.3 is 0 Å². The van der Waals surface area contributed by atoms with E-state index in [1.807, 2.05) is 19.2 Å². The molecule has 19 heavy (non-hydrogen) atoms. The Morgan fingerprint density at radius 2 is 1.95 bits per heavy atom. The lowest BCUT2D eigenvalue weighted by Crippen LogP contribution is -2.34. The summed E-state index contributed by atoms with van der Waals surface area (Å²) >= 11 is 1.58. The first-order valence-corrected chi connectivity index (χ1v) is 7.05. The maximum atomic E-state index is 12.8. The van der Waals surface area contributed by atoms with Crippen LogP contribution >= 0.6 is 11.3 Å². The number of aromatic nitrogens is 1. The number of nitrogens with one attached hydrogen (secondary N) is 1. The van der Waals surface area contributed by atoms with Crippen molar-refractivity contribution >= 4 is 11.3 Å². The second kappa shape index (κ2) is 6.23. The van der Waals surface area contributed by atoms with Crippen LogP contribution in [0.1, 0.15) is 36.6 Å². The highest BCUT2D eigenvalue weighted by molar-refractivity contribution is 7.09. The van der Waals surface area contributed by atoms with Crippen molar-refractivity contribution in [1.29, 1.82) is 0 Å². The van der Waals surface area contributed by atoms with Crippen molar-refractivity contribution in [2.45, 2.75) is 32.0 Å². The molecule has 102 valence electrons. The van der Waals surface area contributed by atoms with Gasteiger partial charge in [0.05, 0.1) is 12.1 Å². The molecule has 3 atom stereocenters. The van der Waals surface area contributed by atoms with Crippen molar-refractivity contribution in [2.24, 2.45) is 0 Å². The zero-order valence-electron chi connectivity index (χ0n) is 10.9. The van der Waals surface area contributed by atoms with Crippen molar-refractivity contribution in [3.8, 4) is 0 Å². The SMILES string of the molecule is CC(NC(C)C(O)c1ccc(F)cc1)c1nccs1. The predicted molar refractivity (Wildman–Crippen MR) is 74.5 cm³/mol. The van der Waals surface area contributed by atoms with Crippen molar-refractivity contribution in [3.63, 3.8) is 0 Å². The van der Waals surface area contributed by atoms with Crippen LogP contribution in [0.3, 0.4) is 0 Å². The molecule has 0 aliphatic carbocycles. The largest absolute Gasteiger partial charge is 0.387 e. The van der Waals surface area contributed by atoms with Gasteiger partial charge in [-0.25, -0.2) is 9.37 Å². The van der Waals surface area contributed by atoms with Crippen LogP contribution in [0.15, 0.2) is 35.8 Å². The first-order chi connectivity index (χ1) is 9.08. The van der Waals surface area contributed by atoms with Crippen LogP contribution in [0.4, 0.5) is 4.39 Å². The summed E-state index contributed by atoms with van der Waals surface area (Å²) in [5.74, 6) is -0.298. The lowest BCUT2D eigenvalue weighted by atomic mass is 10.0. The number of benzene rings is 1. The Hall–Kier alpha value is -1.30. The fraction of sp³-hybridized carbons (Fsp3) is 0.357. The number of aliphatic hydroxyl groups is 1. The van der Waals surface area contributed by atoms with E-state index in [1.165, 1.54) is 12.1 Å². The smallest absolute Gasteiger partial charge is 0.123 e. The van der Waals surface area contributed by atoms with E-state index >= 15 is 0 Å². The monoisotopic (exact) mass is 280 g/mol. The summed E-state index contributed by atoms with van der Waals surface area (Å²) < 4.78 is 12.8. The average molecular weight is 280 g/mol. The Bertz CT molecular complexity index is 501. The molecule has 2 aromatic rings. The van der Waals surface area contributed by atoms with Gasteiger partial charge in [0, 0.05) is 17.6 Å². The summed E-state index contributed by atoms with van der Waals surface area (Å²) in [6.07, 6.45) is 1.09. The molecule has 1 aromatic carbocycles. The fourth-order valence-electron chi connectivity index (χ4n) is 1.95. The summed E-state index contributed by atoms with van der Waals surface area (Å²) in [5.41, 5.74) is 0.702. The molecule has 0 amide bonds. The van der Waals surface area contributed by atoms with Crippen LogP contribution in [0.25, 0.3) is 0 Å². The highest BCUT2D eigenvalue weighted by Crippen LogP contribution is 2.21. The Kier molecular flexibility index (Phi) is 4.63. The summed E-state index contributed by atoms with van der Waals surface area (Å²) in [6.45, 7) is 3.91. The molecule has 0 aliphatic rings. The molecule has 5 heteroatoms. The fourth-order valence-corrected chi connectivity index (χ4v) is 2.61. The molecular weight excluding hydrogens is 263 g/mol. The molecule has 0 radical (unpaired) electrons. The van der Waals surface area contributed by atoms with Crippen LogP contribution in [0, 0.1) is 5.82 Å². The molecule has 1 aromatic heterocycles. The van der Waals surface area contributed by atoms with Gasteiger partial charge in [-0.3, -0.25) is 0 Å². The van der Waals surface area contributed by atoms with E-state index in [0.717, 1.165) is 5.01 Å². The van der Waals surface area contributed by atoms with Crippen LogP contribution in [-0.4, -0.2) is 16.1 Å². The van der Waals surface area contributed by atoms with E-state index in [1.54, 1.807) is 29.7 Å². The van der Waals surface area contributed by atoms with Gasteiger partial charge in [-0.15, -0.1) is 11.3 Å². The molecule has 0 spiro atoms. The summed E-state index contributed by atoms with van der Waals surface area (Å²) in [5, 5.41) is 16.4. The van der Waals surface area contributed by atoms with Gasteiger partial charge in [-0.05, 0) is 31.5 Å². The van der Waals surface area contributed by atoms with Crippen molar-refractivity contribution in [3.05, 3.63) is 52.2 Å². The van der Waals surface area contributed by atoms with Crippen molar-refractivity contribution < 1.29 is 9.50 Å². The van der Waals surface area contributed by atoms with Crippen molar-refractivity contribution in [1.82, 2.24) is 10.3 Å². The quantitative estimate of drug-likeness (QED) is 0.885. The second-order valence-corrected chi connectivity index (χ2v) is 5.47. The minimum atomic E-state index is -0.678. The minimum Gasteiger partial charge on any atom is -0.387 e. The average Bonchev–Trinajstić information content (AvgIpc) is 2.92. The Labute approximate surface area is 116 Å². The third-order valence-corrected chi connectivity index (χ3v) is 3.98. The molecule has 1 heterocycles. The summed E-state index contributed by atoms with van der Waals surface area (Å²) in [7, 11) is 0. The molecule has 0 fully saturated rings. The lowest BCUT2D eigenvalue weighted by Gasteiger charge is -2.23. The minimum absolute atomic E-state index is 0.0742. The van der Waals surface area contributed by atoms with Crippen LogP contribution in [0.5, 0.6) is 0 Å². The van der Waals surface area contributed by atoms with Crippen LogP contribution in [0.2, 0.25) is 0 Å². The summed E-state index contributed by atoms with van der Waals surface area (Å²) in [4.78, 5) is 4.24. The Morgan fingerprint density at radius 1 is 1.26 bits per heavy atom. The maximum absolute atomic E-state index is 12.8. The van der Waals surface area contributed by atoms with Crippen LogP contribution in [-0.2, 0) is 0 Å². The first kappa shape index (κ1) is 14.1. The van der Waals surface area contributed by atoms with Gasteiger partial charge in [0.2, 0.25) is 0 Å². The zero-order chi connectivity index (χ0) is 13.8. The number of nitrogens with zero attached hydrogens (tertiary/aromatic N) is 1. The van der Waals surface area contributed by atoms with E-state index in [2.05, 4.69) is 10.3 Å². The molecule has 3 unspecified atom stereocenters. The highest BCUT2D eigenvalue weighted by atomic mass is 32.1. The topological polar surface area (TPSA) is 45.1 Å². The Morgan fingerprint density at radius 3 is 2.53 bits per heavy atom. The molecule has 0 aliphatic heterocycles. The number of hydrogen-bond acceptors (Lipinski definition) is 4. The Balaban J connectivity index is 1.99. The highest BCUT2D eigenvalue weighted by Gasteiger charge is 2.19. The molecule has 3 nitrogen and oxygen atoms in total. The lowest BCUT2D eigenvalue weighted by molar-refractivity contribution is 0.130. The molecule has 2 rings (SSSR count). The predicted octanol–water partition coefficient (Wildman–Crippen LogP) is 3.05. The number of rotatable bonds is 5. The standard InChI is InChI=1S/C14H17FN2OS/c1-9(17-10(2)14-16-7-8-19-14)13(18)11-3-5-12(15)6-4-11/h3-10,13,17-18H,1-2H3. The van der Waals surface area contributed by atoms with E-state index in [-0.39, 0.29) is 17.9 Å². The third kappa shape index (κ3) is 3.59. The zero-order valence-corrected chi connectivity index (χ0v) is 11.7. The van der Waals surface area contributed by atoms with Crippen molar-refractivity contribution in [2.75, 3.05) is 0 Å². The number of hydrogen-bond donors (Lipinski definition) is 2. The number of thiazole rings is 1. The molecular formula is C14H17FN2OS. The van der Waals surface area contributed by atoms with E-state index in [4.69, 9.17) is 0 Å². The van der Waals surface area contributed by atoms with E-state index in [0.29, 0.717) is 5.56 Å². The second-order valence-electron chi connectivity index (χ2n) is 4.54. The van der Waals surface area contributed by atoms with Gasteiger partial charge in [0.15, 0.2) is 0 Å². The number of aliphatic hydroxyl groups excluding tert-OH is 1. The first-order valence-electron chi connectivity index (χ1n) is 6.17. The normalized spacial score (nSPS) is 16.0. The van der Waals surface area contributed by atoms with E-state index < -0.39 is 6.10 Å². The molecule has 2 N–H and O–H groups in total. The summed E-state index contributed by atoms with van der Waals surface area (Å²) in [6, 6.07) is 5.85. The molecule has 0 saturated heterocycles. The van der Waals surface area contributed by atoms with E-state index in [9.17, 15) is 9.50 Å². The number of halogens is 1. The van der Waals surface area contributed by atoms with Gasteiger partial charge in [0.1, 0.15) is 10.8 Å². The van der Waals surface area contributed by atoms with Gasteiger partial charge in [-0.1, -0.05) is 12.1 Å². The molecule has 0 saturated carbocycles. The van der Waals surface area contributed by atoms with Gasteiger partial charge < -0.3 is 10.4 Å². The maximum Gasteiger partial charge on any atom is 0.123 e. The van der Waals surface area contributed by atoms with Gasteiger partial charge in [0.25, 0.3) is 0 Å². The molecule has 0 bridgehead atoms. The third-order valence-electron chi connectivity index (χ3n) is 3.02. The van der Waals surface area contributed by atoms with Gasteiger partial charge in [-0.2, -0.15) is 0 Å². The van der Waals surface area contributed by atoms with Crippen LogP contribution < -0.4 is 5.32 Å².